The Labute approximate surface area is 252 Å². The van der Waals surface area contributed by atoms with Gasteiger partial charge >= 0.3 is 0 Å². The number of fused-ring (bicyclic) bond motifs is 6. The van der Waals surface area contributed by atoms with Crippen molar-refractivity contribution in [1.82, 2.24) is 15.0 Å². The van der Waals surface area contributed by atoms with E-state index in [0.29, 0.717) is 17.5 Å². The highest BCUT2D eigenvalue weighted by molar-refractivity contribution is 6.14. The van der Waals surface area contributed by atoms with Gasteiger partial charge in [0.05, 0.1) is 0 Å². The minimum atomic E-state index is 0.593. The highest BCUT2D eigenvalue weighted by atomic mass is 16.3. The van der Waals surface area contributed by atoms with Crippen molar-refractivity contribution in [3.05, 3.63) is 140 Å². The van der Waals surface area contributed by atoms with Crippen molar-refractivity contribution >= 4 is 43.9 Å². The highest BCUT2D eigenvalue weighted by Crippen LogP contribution is 2.40. The van der Waals surface area contributed by atoms with Crippen molar-refractivity contribution in [2.75, 3.05) is 0 Å². The second kappa shape index (κ2) is 9.75. The van der Waals surface area contributed by atoms with Crippen molar-refractivity contribution < 1.29 is 8.83 Å². The van der Waals surface area contributed by atoms with Gasteiger partial charge in [-0.1, -0.05) is 103 Å². The molecule has 0 fully saturated rings. The summed E-state index contributed by atoms with van der Waals surface area (Å²) in [6, 6.07) is 47.0. The van der Waals surface area contributed by atoms with Gasteiger partial charge in [0.15, 0.2) is 17.5 Å². The molecule has 0 spiro atoms. The standard InChI is InChI=1S/C39H23N3O2/c1-3-10-24(11-4-1)37-40-38(25-12-5-2-6-13-25)42-39(41-37)27-19-21-31-35(23-27)44-33-17-9-15-28(36(31)33)26-18-20-30-29-14-7-8-16-32(29)43-34(30)22-26/h1-23H. The zero-order valence-corrected chi connectivity index (χ0v) is 23.4. The molecule has 0 amide bonds. The predicted molar refractivity (Wildman–Crippen MR) is 176 cm³/mol. The summed E-state index contributed by atoms with van der Waals surface area (Å²) < 4.78 is 12.6. The van der Waals surface area contributed by atoms with Crippen LogP contribution in [0.4, 0.5) is 0 Å². The third-order valence-electron chi connectivity index (χ3n) is 8.14. The molecule has 0 aliphatic rings. The average molecular weight is 566 g/mol. The first kappa shape index (κ1) is 24.5. The van der Waals surface area contributed by atoms with Crippen LogP contribution >= 0.6 is 0 Å². The van der Waals surface area contributed by atoms with Crippen LogP contribution in [0.2, 0.25) is 0 Å². The van der Waals surface area contributed by atoms with E-state index in [4.69, 9.17) is 23.8 Å². The number of aromatic nitrogens is 3. The molecule has 9 aromatic rings. The van der Waals surface area contributed by atoms with E-state index in [1.807, 2.05) is 97.1 Å². The minimum absolute atomic E-state index is 0.593. The Morgan fingerprint density at radius 3 is 1.61 bits per heavy atom. The molecule has 0 unspecified atom stereocenters. The van der Waals surface area contributed by atoms with Crippen LogP contribution < -0.4 is 0 Å². The van der Waals surface area contributed by atoms with E-state index >= 15 is 0 Å². The zero-order chi connectivity index (χ0) is 29.0. The van der Waals surface area contributed by atoms with Crippen LogP contribution in [0.15, 0.2) is 148 Å². The van der Waals surface area contributed by atoms with E-state index in [0.717, 1.165) is 71.7 Å². The quantitative estimate of drug-likeness (QED) is 0.212. The summed E-state index contributed by atoms with van der Waals surface area (Å²) in [6.07, 6.45) is 0. The van der Waals surface area contributed by atoms with Gasteiger partial charge in [0.25, 0.3) is 0 Å². The first-order valence-electron chi connectivity index (χ1n) is 14.5. The van der Waals surface area contributed by atoms with Crippen LogP contribution in [0.1, 0.15) is 0 Å². The number of rotatable bonds is 4. The molecule has 0 saturated heterocycles. The van der Waals surface area contributed by atoms with Gasteiger partial charge in [-0.2, -0.15) is 0 Å². The number of hydrogen-bond donors (Lipinski definition) is 0. The Hall–Kier alpha value is -6.07. The average Bonchev–Trinajstić information content (AvgIpc) is 3.66. The first-order valence-corrected chi connectivity index (χ1v) is 14.5. The number of nitrogens with zero attached hydrogens (tertiary/aromatic N) is 3. The van der Waals surface area contributed by atoms with Crippen molar-refractivity contribution in [2.24, 2.45) is 0 Å². The summed E-state index contributed by atoms with van der Waals surface area (Å²) in [6.45, 7) is 0. The molecule has 0 saturated carbocycles. The fraction of sp³-hybridized carbons (Fsp3) is 0. The Kier molecular flexibility index (Phi) is 5.43. The van der Waals surface area contributed by atoms with Crippen LogP contribution in [0.25, 0.3) is 89.2 Å². The Morgan fingerprint density at radius 2 is 0.864 bits per heavy atom. The van der Waals surface area contributed by atoms with Crippen LogP contribution in [0, 0.1) is 0 Å². The second-order valence-corrected chi connectivity index (χ2v) is 10.8. The molecular formula is C39H23N3O2. The van der Waals surface area contributed by atoms with Crippen LogP contribution in [-0.4, -0.2) is 15.0 Å². The summed E-state index contributed by atoms with van der Waals surface area (Å²) in [5, 5.41) is 4.33. The summed E-state index contributed by atoms with van der Waals surface area (Å²) >= 11 is 0. The molecule has 3 aromatic heterocycles. The molecule has 0 aliphatic carbocycles. The maximum atomic E-state index is 6.45. The maximum absolute atomic E-state index is 6.45. The Morgan fingerprint density at radius 1 is 0.341 bits per heavy atom. The molecule has 44 heavy (non-hydrogen) atoms. The molecule has 0 aliphatic heterocycles. The largest absolute Gasteiger partial charge is 0.456 e. The summed E-state index contributed by atoms with van der Waals surface area (Å²) in [5.74, 6) is 1.85. The number of benzene rings is 6. The molecule has 9 rings (SSSR count). The summed E-state index contributed by atoms with van der Waals surface area (Å²) in [4.78, 5) is 14.6. The van der Waals surface area contributed by atoms with E-state index in [1.54, 1.807) is 0 Å². The third kappa shape index (κ3) is 3.98. The molecule has 0 atom stereocenters. The van der Waals surface area contributed by atoms with Crippen LogP contribution in [-0.2, 0) is 0 Å². The Bertz CT molecular complexity index is 2440. The van der Waals surface area contributed by atoms with Crippen molar-refractivity contribution in [2.45, 2.75) is 0 Å². The lowest BCUT2D eigenvalue weighted by Gasteiger charge is -2.08. The molecular weight excluding hydrogens is 542 g/mol. The predicted octanol–water partition coefficient (Wildman–Crippen LogP) is 10.3. The zero-order valence-electron chi connectivity index (χ0n) is 23.4. The summed E-state index contributed by atoms with van der Waals surface area (Å²) in [7, 11) is 0. The van der Waals surface area contributed by atoms with Gasteiger partial charge < -0.3 is 8.83 Å². The van der Waals surface area contributed by atoms with Gasteiger partial charge in [0.2, 0.25) is 0 Å². The van der Waals surface area contributed by atoms with E-state index < -0.39 is 0 Å². The monoisotopic (exact) mass is 565 g/mol. The second-order valence-electron chi connectivity index (χ2n) is 10.8. The van der Waals surface area contributed by atoms with Gasteiger partial charge in [0, 0.05) is 38.2 Å². The van der Waals surface area contributed by atoms with E-state index in [-0.39, 0.29) is 0 Å². The smallest absolute Gasteiger partial charge is 0.164 e. The number of para-hydroxylation sites is 1. The molecule has 5 nitrogen and oxygen atoms in total. The van der Waals surface area contributed by atoms with Crippen LogP contribution in [0.5, 0.6) is 0 Å². The molecule has 5 heteroatoms. The topological polar surface area (TPSA) is 65.0 Å². The number of hydrogen-bond acceptors (Lipinski definition) is 5. The molecule has 3 heterocycles. The van der Waals surface area contributed by atoms with E-state index in [2.05, 4.69) is 42.5 Å². The fourth-order valence-electron chi connectivity index (χ4n) is 6.04. The lowest BCUT2D eigenvalue weighted by molar-refractivity contribution is 0.668. The van der Waals surface area contributed by atoms with Crippen molar-refractivity contribution in [3.63, 3.8) is 0 Å². The minimum Gasteiger partial charge on any atom is -0.456 e. The maximum Gasteiger partial charge on any atom is 0.164 e. The van der Waals surface area contributed by atoms with Crippen molar-refractivity contribution in [1.29, 1.82) is 0 Å². The van der Waals surface area contributed by atoms with Gasteiger partial charge in [-0.3, -0.25) is 0 Å². The lowest BCUT2D eigenvalue weighted by Crippen LogP contribution is -2.00. The molecule has 0 radical (unpaired) electrons. The van der Waals surface area contributed by atoms with Gasteiger partial charge in [0.1, 0.15) is 22.3 Å². The van der Waals surface area contributed by atoms with Crippen LogP contribution in [0.3, 0.4) is 0 Å². The number of furan rings is 2. The van der Waals surface area contributed by atoms with E-state index in [1.165, 1.54) is 0 Å². The lowest BCUT2D eigenvalue weighted by atomic mass is 9.98. The van der Waals surface area contributed by atoms with E-state index in [9.17, 15) is 0 Å². The molecule has 0 N–H and O–H groups in total. The molecule has 6 aromatic carbocycles. The third-order valence-corrected chi connectivity index (χ3v) is 8.14. The van der Waals surface area contributed by atoms with Gasteiger partial charge in [-0.15, -0.1) is 0 Å². The fourth-order valence-corrected chi connectivity index (χ4v) is 6.04. The first-order chi connectivity index (χ1) is 21.8. The van der Waals surface area contributed by atoms with Gasteiger partial charge in [-0.05, 0) is 47.5 Å². The molecule has 0 bridgehead atoms. The SMILES string of the molecule is c1ccc(-c2nc(-c3ccccc3)nc(-c3ccc4c(c3)oc3cccc(-c5ccc6c(c5)oc5ccccc56)c34)n2)cc1. The normalized spacial score (nSPS) is 11.6. The van der Waals surface area contributed by atoms with Crippen molar-refractivity contribution in [3.8, 4) is 45.3 Å². The highest BCUT2D eigenvalue weighted by Gasteiger charge is 2.17. The summed E-state index contributed by atoms with van der Waals surface area (Å²) in [5.41, 5.74) is 8.26. The Balaban J connectivity index is 1.20. The molecule has 206 valence electrons. The van der Waals surface area contributed by atoms with Gasteiger partial charge in [-0.25, -0.2) is 15.0 Å².